The van der Waals surface area contributed by atoms with Gasteiger partial charge in [0, 0.05) is 6.42 Å². The van der Waals surface area contributed by atoms with Crippen molar-refractivity contribution in [2.24, 2.45) is 0 Å². The number of hydrogen-bond acceptors (Lipinski definition) is 4. The minimum absolute atomic E-state index is 0.00583. The molecule has 6 nitrogen and oxygen atoms in total. The average Bonchev–Trinajstić information content (AvgIpc) is 2.44. The number of carbonyl (C=O) groups is 2. The van der Waals surface area contributed by atoms with E-state index in [0.717, 1.165) is 4.90 Å². The summed E-state index contributed by atoms with van der Waals surface area (Å²) in [7, 11) is 0. The maximum Gasteiger partial charge on any atom is 0.411 e. The fourth-order valence-corrected chi connectivity index (χ4v) is 1.57. The summed E-state index contributed by atoms with van der Waals surface area (Å²) in [6.07, 6.45) is -1.45. The molecule has 1 saturated heterocycles. The fourth-order valence-electron chi connectivity index (χ4n) is 1.57. The zero-order valence-corrected chi connectivity index (χ0v) is 9.64. The van der Waals surface area contributed by atoms with Gasteiger partial charge in [0.05, 0.1) is 12.6 Å². The molecule has 0 aliphatic carbocycles. The third-order valence-electron chi connectivity index (χ3n) is 2.19. The Hall–Kier alpha value is -1.30. The number of aliphatic hydroxyl groups is 1. The van der Waals surface area contributed by atoms with Gasteiger partial charge in [0.1, 0.15) is 11.6 Å². The molecule has 0 radical (unpaired) electrons. The number of hydrogen-bond donors (Lipinski definition) is 2. The number of amides is 1. The third-order valence-corrected chi connectivity index (χ3v) is 2.19. The molecule has 2 atom stereocenters. The van der Waals surface area contributed by atoms with Gasteiger partial charge in [0.25, 0.3) is 0 Å². The molecule has 1 aliphatic heterocycles. The van der Waals surface area contributed by atoms with Gasteiger partial charge in [-0.2, -0.15) is 0 Å². The van der Waals surface area contributed by atoms with Crippen molar-refractivity contribution in [3.8, 4) is 0 Å². The molecule has 1 unspecified atom stereocenters. The molecule has 0 aromatic rings. The minimum atomic E-state index is -1.12. The van der Waals surface area contributed by atoms with E-state index in [9.17, 15) is 14.7 Å². The maximum absolute atomic E-state index is 11.7. The Morgan fingerprint density at radius 2 is 1.94 bits per heavy atom. The van der Waals surface area contributed by atoms with Crippen molar-refractivity contribution in [1.82, 2.24) is 4.90 Å². The lowest BCUT2D eigenvalue weighted by molar-refractivity contribution is -0.142. The molecule has 0 aromatic carbocycles. The molecule has 1 amide bonds. The highest BCUT2D eigenvalue weighted by Gasteiger charge is 2.40. The van der Waals surface area contributed by atoms with Crippen LogP contribution in [0.5, 0.6) is 0 Å². The van der Waals surface area contributed by atoms with Crippen molar-refractivity contribution >= 4 is 12.1 Å². The Balaban J connectivity index is 2.71. The number of carboxylic acid groups (broad SMARTS) is 1. The molecule has 1 rings (SSSR count). The van der Waals surface area contributed by atoms with E-state index in [1.54, 1.807) is 20.8 Å². The van der Waals surface area contributed by atoms with E-state index >= 15 is 0 Å². The average molecular weight is 231 g/mol. The Kier molecular flexibility index (Phi) is 3.42. The lowest BCUT2D eigenvalue weighted by atomic mass is 10.2. The van der Waals surface area contributed by atoms with E-state index in [-0.39, 0.29) is 13.0 Å². The summed E-state index contributed by atoms with van der Waals surface area (Å²) in [5.41, 5.74) is -0.673. The number of β-amino-alcohol motifs (C(OH)–C–C–N with tert-alkyl or cyclic N) is 1. The molecular formula is C10H17NO5. The van der Waals surface area contributed by atoms with Gasteiger partial charge in [0.15, 0.2) is 0 Å². The summed E-state index contributed by atoms with van der Waals surface area (Å²) in [4.78, 5) is 23.6. The van der Waals surface area contributed by atoms with E-state index in [1.807, 2.05) is 0 Å². The van der Waals surface area contributed by atoms with Crippen LogP contribution >= 0.6 is 0 Å². The van der Waals surface area contributed by atoms with Crippen LogP contribution in [0.15, 0.2) is 0 Å². The van der Waals surface area contributed by atoms with E-state index in [0.29, 0.717) is 0 Å². The second kappa shape index (κ2) is 4.29. The van der Waals surface area contributed by atoms with Gasteiger partial charge >= 0.3 is 12.1 Å². The molecule has 92 valence electrons. The summed E-state index contributed by atoms with van der Waals surface area (Å²) >= 11 is 0. The van der Waals surface area contributed by atoms with E-state index in [4.69, 9.17) is 9.84 Å². The number of aliphatic carboxylic acids is 1. The van der Waals surface area contributed by atoms with Crippen LogP contribution in [0.4, 0.5) is 4.79 Å². The molecule has 2 N–H and O–H groups in total. The Morgan fingerprint density at radius 1 is 1.38 bits per heavy atom. The lowest BCUT2D eigenvalue weighted by Crippen LogP contribution is -2.43. The first kappa shape index (κ1) is 12.8. The number of nitrogens with zero attached hydrogens (tertiary/aromatic N) is 1. The van der Waals surface area contributed by atoms with Crippen molar-refractivity contribution in [3.05, 3.63) is 0 Å². The zero-order valence-electron chi connectivity index (χ0n) is 9.64. The van der Waals surface area contributed by atoms with Gasteiger partial charge in [-0.1, -0.05) is 0 Å². The monoisotopic (exact) mass is 231 g/mol. The molecule has 6 heteroatoms. The van der Waals surface area contributed by atoms with Gasteiger partial charge in [-0.15, -0.1) is 0 Å². The lowest BCUT2D eigenvalue weighted by Gasteiger charge is -2.26. The molecule has 0 bridgehead atoms. The first-order valence-electron chi connectivity index (χ1n) is 5.11. The number of carbonyl (C=O) groups excluding carboxylic acids is 1. The van der Waals surface area contributed by atoms with Crippen molar-refractivity contribution in [2.75, 3.05) is 6.54 Å². The van der Waals surface area contributed by atoms with Crippen molar-refractivity contribution in [2.45, 2.75) is 44.9 Å². The highest BCUT2D eigenvalue weighted by atomic mass is 16.6. The second-order valence-corrected chi connectivity index (χ2v) is 4.88. The zero-order chi connectivity index (χ0) is 12.5. The van der Waals surface area contributed by atoms with Crippen molar-refractivity contribution in [1.29, 1.82) is 0 Å². The quantitative estimate of drug-likeness (QED) is 0.683. The van der Waals surface area contributed by atoms with Gasteiger partial charge in [-0.05, 0) is 20.8 Å². The molecule has 0 aromatic heterocycles. The molecular weight excluding hydrogens is 214 g/mol. The smallest absolute Gasteiger partial charge is 0.411 e. The minimum Gasteiger partial charge on any atom is -0.480 e. The first-order chi connectivity index (χ1) is 7.20. The Morgan fingerprint density at radius 3 is 2.38 bits per heavy atom. The van der Waals surface area contributed by atoms with Crippen LogP contribution in [0, 0.1) is 0 Å². The summed E-state index contributed by atoms with van der Waals surface area (Å²) in [5, 5.41) is 18.2. The Bertz CT molecular complexity index is 296. The van der Waals surface area contributed by atoms with Crippen molar-refractivity contribution < 1.29 is 24.5 Å². The fraction of sp³-hybridized carbons (Fsp3) is 0.800. The SMILES string of the molecule is CC(C)(C)OC(=O)N1CC(O)C[C@@H]1C(=O)O. The predicted molar refractivity (Wildman–Crippen MR) is 55.0 cm³/mol. The van der Waals surface area contributed by atoms with Crippen LogP contribution < -0.4 is 0 Å². The van der Waals surface area contributed by atoms with E-state index < -0.39 is 29.8 Å². The topological polar surface area (TPSA) is 87.1 Å². The molecule has 1 fully saturated rings. The van der Waals surface area contributed by atoms with E-state index in [1.165, 1.54) is 0 Å². The van der Waals surface area contributed by atoms with Gasteiger partial charge in [-0.3, -0.25) is 4.90 Å². The number of aliphatic hydroxyl groups excluding tert-OH is 1. The molecule has 0 spiro atoms. The van der Waals surface area contributed by atoms with Crippen LogP contribution in [0.1, 0.15) is 27.2 Å². The van der Waals surface area contributed by atoms with Gasteiger partial charge in [0.2, 0.25) is 0 Å². The summed E-state index contributed by atoms with van der Waals surface area (Å²) in [6.45, 7) is 5.11. The number of rotatable bonds is 1. The number of ether oxygens (including phenoxy) is 1. The molecule has 1 heterocycles. The molecule has 16 heavy (non-hydrogen) atoms. The maximum atomic E-state index is 11.7. The molecule has 1 aliphatic rings. The van der Waals surface area contributed by atoms with Gasteiger partial charge in [-0.25, -0.2) is 9.59 Å². The first-order valence-corrected chi connectivity index (χ1v) is 5.11. The predicted octanol–water partition coefficient (Wildman–Crippen LogP) is 0.441. The summed E-state index contributed by atoms with van der Waals surface area (Å²) in [6, 6.07) is -0.996. The highest BCUT2D eigenvalue weighted by Crippen LogP contribution is 2.21. The Labute approximate surface area is 93.8 Å². The molecule has 0 saturated carbocycles. The number of carboxylic acids is 1. The highest BCUT2D eigenvalue weighted by molar-refractivity contribution is 5.81. The third kappa shape index (κ3) is 3.10. The van der Waals surface area contributed by atoms with E-state index in [2.05, 4.69) is 0 Å². The normalized spacial score (nSPS) is 25.6. The van der Waals surface area contributed by atoms with Crippen LogP contribution in [-0.2, 0) is 9.53 Å². The van der Waals surface area contributed by atoms with Crippen LogP contribution in [0.3, 0.4) is 0 Å². The van der Waals surface area contributed by atoms with Crippen LogP contribution in [0.25, 0.3) is 0 Å². The van der Waals surface area contributed by atoms with Crippen molar-refractivity contribution in [3.63, 3.8) is 0 Å². The summed E-state index contributed by atoms with van der Waals surface area (Å²) in [5.74, 6) is -1.12. The standard InChI is InChI=1S/C10H17NO5/c1-10(2,3)16-9(15)11-5-6(12)4-7(11)8(13)14/h6-7,12H,4-5H2,1-3H3,(H,13,14)/t6?,7-/m1/s1. The second-order valence-electron chi connectivity index (χ2n) is 4.88. The van der Waals surface area contributed by atoms with Gasteiger partial charge < -0.3 is 14.9 Å². The largest absolute Gasteiger partial charge is 0.480 e. The van der Waals surface area contributed by atoms with Crippen LogP contribution in [-0.4, -0.2) is 51.5 Å². The van der Waals surface area contributed by atoms with Crippen LogP contribution in [0.2, 0.25) is 0 Å². The summed E-state index contributed by atoms with van der Waals surface area (Å²) < 4.78 is 5.06. The number of likely N-dealkylation sites (tertiary alicyclic amines) is 1.